The van der Waals surface area contributed by atoms with Crippen LogP contribution in [0.25, 0.3) is 0 Å². The Hall–Kier alpha value is -1.84. The van der Waals surface area contributed by atoms with Crippen LogP contribution in [0.2, 0.25) is 0 Å². The maximum atomic E-state index is 12.2. The number of aryl methyl sites for hydroxylation is 1. The number of benzene rings is 1. The Bertz CT molecular complexity index is 490. The number of Topliss-reactive ketones (excluding diaryl/α,β-unsaturated/α-hetero) is 1. The molecule has 102 valence electrons. The lowest BCUT2D eigenvalue weighted by Gasteiger charge is -2.12. The highest BCUT2D eigenvalue weighted by molar-refractivity contribution is 6.43. The third kappa shape index (κ3) is 3.13. The maximum absolute atomic E-state index is 12.2. The van der Waals surface area contributed by atoms with Crippen LogP contribution < -0.4 is 10.1 Å². The van der Waals surface area contributed by atoms with Gasteiger partial charge in [-0.3, -0.25) is 9.59 Å². The Labute approximate surface area is 113 Å². The Balaban J connectivity index is 2.13. The number of hydrogen-bond donors (Lipinski definition) is 1. The molecular formula is C15H19NO3. The van der Waals surface area contributed by atoms with Crippen molar-refractivity contribution in [2.75, 3.05) is 7.11 Å². The molecule has 0 heterocycles. The molecule has 1 amide bonds. The van der Waals surface area contributed by atoms with Crippen molar-refractivity contribution >= 4 is 11.7 Å². The van der Waals surface area contributed by atoms with Crippen LogP contribution in [-0.2, 0) is 4.79 Å². The zero-order valence-electron chi connectivity index (χ0n) is 11.4. The van der Waals surface area contributed by atoms with Crippen molar-refractivity contribution in [3.05, 3.63) is 29.3 Å². The molecule has 0 bridgehead atoms. The van der Waals surface area contributed by atoms with Crippen LogP contribution in [0.5, 0.6) is 5.75 Å². The lowest BCUT2D eigenvalue weighted by Crippen LogP contribution is -2.37. The first-order valence-corrected chi connectivity index (χ1v) is 6.61. The fraction of sp³-hybridized carbons (Fsp3) is 0.467. The lowest BCUT2D eigenvalue weighted by atomic mass is 10.1. The van der Waals surface area contributed by atoms with Crippen molar-refractivity contribution in [1.82, 2.24) is 5.32 Å². The molecule has 0 unspecified atom stereocenters. The average molecular weight is 261 g/mol. The number of ether oxygens (including phenoxy) is 1. The van der Waals surface area contributed by atoms with E-state index in [4.69, 9.17) is 4.74 Å². The van der Waals surface area contributed by atoms with Gasteiger partial charge < -0.3 is 10.1 Å². The molecule has 1 aliphatic carbocycles. The van der Waals surface area contributed by atoms with Crippen molar-refractivity contribution in [1.29, 1.82) is 0 Å². The van der Waals surface area contributed by atoms with E-state index in [-0.39, 0.29) is 6.04 Å². The molecule has 1 N–H and O–H groups in total. The van der Waals surface area contributed by atoms with Gasteiger partial charge in [-0.15, -0.1) is 0 Å². The van der Waals surface area contributed by atoms with Crippen molar-refractivity contribution in [2.24, 2.45) is 0 Å². The maximum Gasteiger partial charge on any atom is 0.292 e. The van der Waals surface area contributed by atoms with Gasteiger partial charge in [0.1, 0.15) is 5.75 Å². The zero-order valence-corrected chi connectivity index (χ0v) is 11.4. The number of amides is 1. The van der Waals surface area contributed by atoms with Crippen LogP contribution in [0, 0.1) is 6.92 Å². The molecule has 0 aliphatic heterocycles. The first-order chi connectivity index (χ1) is 9.11. The van der Waals surface area contributed by atoms with Crippen LogP contribution in [0.3, 0.4) is 0 Å². The van der Waals surface area contributed by atoms with E-state index in [9.17, 15) is 9.59 Å². The van der Waals surface area contributed by atoms with E-state index >= 15 is 0 Å². The fourth-order valence-electron chi connectivity index (χ4n) is 2.44. The van der Waals surface area contributed by atoms with E-state index in [1.165, 1.54) is 7.11 Å². The molecule has 4 nitrogen and oxygen atoms in total. The molecule has 19 heavy (non-hydrogen) atoms. The van der Waals surface area contributed by atoms with E-state index in [2.05, 4.69) is 5.32 Å². The molecular weight excluding hydrogens is 242 g/mol. The highest BCUT2D eigenvalue weighted by atomic mass is 16.5. The van der Waals surface area contributed by atoms with Crippen LogP contribution in [0.1, 0.15) is 41.6 Å². The number of methoxy groups -OCH3 is 1. The average Bonchev–Trinajstić information content (AvgIpc) is 2.90. The van der Waals surface area contributed by atoms with Gasteiger partial charge in [-0.25, -0.2) is 0 Å². The number of hydrogen-bond acceptors (Lipinski definition) is 3. The monoisotopic (exact) mass is 261 g/mol. The normalized spacial score (nSPS) is 15.3. The van der Waals surface area contributed by atoms with Gasteiger partial charge in [0.2, 0.25) is 0 Å². The Morgan fingerprint density at radius 1 is 1.26 bits per heavy atom. The minimum Gasteiger partial charge on any atom is -0.496 e. The molecule has 0 atom stereocenters. The van der Waals surface area contributed by atoms with Crippen molar-refractivity contribution in [2.45, 2.75) is 38.6 Å². The molecule has 2 rings (SSSR count). The van der Waals surface area contributed by atoms with Gasteiger partial charge in [0.15, 0.2) is 0 Å². The summed E-state index contributed by atoms with van der Waals surface area (Å²) in [5.74, 6) is -0.611. The van der Waals surface area contributed by atoms with Gasteiger partial charge in [-0.1, -0.05) is 24.5 Å². The summed E-state index contributed by atoms with van der Waals surface area (Å²) in [6.45, 7) is 1.88. The van der Waals surface area contributed by atoms with Gasteiger partial charge in [0.05, 0.1) is 12.7 Å². The summed E-state index contributed by atoms with van der Waals surface area (Å²) in [5, 5.41) is 2.80. The van der Waals surface area contributed by atoms with Gasteiger partial charge in [0.25, 0.3) is 11.7 Å². The van der Waals surface area contributed by atoms with Crippen LogP contribution in [0.15, 0.2) is 18.2 Å². The standard InChI is InChI=1S/C15H19NO3/c1-10-7-8-13(19-2)12(9-10)14(17)15(18)16-11-5-3-4-6-11/h7-9,11H,3-6H2,1-2H3,(H,16,18). The number of carbonyl (C=O) groups excluding carboxylic acids is 2. The van der Waals surface area contributed by atoms with Crippen LogP contribution in [-0.4, -0.2) is 24.8 Å². The third-order valence-corrected chi connectivity index (χ3v) is 3.50. The second-order valence-electron chi connectivity index (χ2n) is 4.99. The van der Waals surface area contributed by atoms with E-state index in [1.54, 1.807) is 12.1 Å². The van der Waals surface area contributed by atoms with Gasteiger partial charge in [-0.2, -0.15) is 0 Å². The minimum absolute atomic E-state index is 0.146. The van der Waals surface area contributed by atoms with Gasteiger partial charge >= 0.3 is 0 Å². The van der Waals surface area contributed by atoms with Crippen LogP contribution >= 0.6 is 0 Å². The highest BCUT2D eigenvalue weighted by Crippen LogP contribution is 2.21. The largest absolute Gasteiger partial charge is 0.496 e. The predicted molar refractivity (Wildman–Crippen MR) is 72.5 cm³/mol. The van der Waals surface area contributed by atoms with Gasteiger partial charge in [0, 0.05) is 6.04 Å². The quantitative estimate of drug-likeness (QED) is 0.668. The molecule has 0 aromatic heterocycles. The zero-order chi connectivity index (χ0) is 13.8. The smallest absolute Gasteiger partial charge is 0.292 e. The molecule has 1 aromatic rings. The molecule has 0 radical (unpaired) electrons. The van der Waals surface area contributed by atoms with E-state index in [0.717, 1.165) is 31.2 Å². The molecule has 4 heteroatoms. The SMILES string of the molecule is COc1ccc(C)cc1C(=O)C(=O)NC1CCCC1. The van der Waals surface area contributed by atoms with E-state index in [1.807, 2.05) is 13.0 Å². The first-order valence-electron chi connectivity index (χ1n) is 6.61. The van der Waals surface area contributed by atoms with Gasteiger partial charge in [-0.05, 0) is 31.9 Å². The van der Waals surface area contributed by atoms with Crippen molar-refractivity contribution in [3.8, 4) is 5.75 Å². The van der Waals surface area contributed by atoms with Crippen molar-refractivity contribution < 1.29 is 14.3 Å². The summed E-state index contributed by atoms with van der Waals surface area (Å²) >= 11 is 0. The Morgan fingerprint density at radius 2 is 1.95 bits per heavy atom. The summed E-state index contributed by atoms with van der Waals surface area (Å²) in [5.41, 5.74) is 1.26. The predicted octanol–water partition coefficient (Wildman–Crippen LogP) is 2.25. The Morgan fingerprint density at radius 3 is 2.58 bits per heavy atom. The summed E-state index contributed by atoms with van der Waals surface area (Å²) in [4.78, 5) is 24.1. The molecule has 1 fully saturated rings. The summed E-state index contributed by atoms with van der Waals surface area (Å²) in [7, 11) is 1.50. The highest BCUT2D eigenvalue weighted by Gasteiger charge is 2.24. The molecule has 0 saturated heterocycles. The number of ketones is 1. The summed E-state index contributed by atoms with van der Waals surface area (Å²) < 4.78 is 5.14. The molecule has 1 aliphatic rings. The second-order valence-corrected chi connectivity index (χ2v) is 4.99. The fourth-order valence-corrected chi connectivity index (χ4v) is 2.44. The molecule has 1 saturated carbocycles. The second kappa shape index (κ2) is 5.87. The minimum atomic E-state index is -0.532. The number of carbonyl (C=O) groups is 2. The molecule has 0 spiro atoms. The van der Waals surface area contributed by atoms with E-state index in [0.29, 0.717) is 11.3 Å². The Kier molecular flexibility index (Phi) is 4.20. The number of nitrogens with one attached hydrogen (secondary N) is 1. The lowest BCUT2D eigenvalue weighted by molar-refractivity contribution is -0.117. The van der Waals surface area contributed by atoms with E-state index < -0.39 is 11.7 Å². The van der Waals surface area contributed by atoms with Crippen LogP contribution in [0.4, 0.5) is 0 Å². The topological polar surface area (TPSA) is 55.4 Å². The molecule has 1 aromatic carbocycles. The van der Waals surface area contributed by atoms with Crippen molar-refractivity contribution in [3.63, 3.8) is 0 Å². The first kappa shape index (κ1) is 13.6. The summed E-state index contributed by atoms with van der Waals surface area (Å²) in [6.07, 6.45) is 4.16. The number of rotatable bonds is 4. The third-order valence-electron chi connectivity index (χ3n) is 3.50. The summed E-state index contributed by atoms with van der Waals surface area (Å²) in [6, 6.07) is 5.40.